The van der Waals surface area contributed by atoms with Gasteiger partial charge in [0, 0.05) is 0 Å². The van der Waals surface area contributed by atoms with Crippen molar-refractivity contribution in [2.45, 2.75) is 17.7 Å². The van der Waals surface area contributed by atoms with Gasteiger partial charge in [0.05, 0.1) is 0 Å². The SMILES string of the molecule is O=C=N/S(=N\C(F)(F)C(F)(F)F)C(F)(F)F. The summed E-state index contributed by atoms with van der Waals surface area (Å²) >= 11 is 0. The topological polar surface area (TPSA) is 41.8 Å². The lowest BCUT2D eigenvalue weighted by atomic mass is 10.6. The van der Waals surface area contributed by atoms with E-state index in [1.807, 2.05) is 0 Å². The first kappa shape index (κ1) is 15.0. The zero-order chi connectivity index (χ0) is 13.2. The molecule has 0 aliphatic carbocycles. The van der Waals surface area contributed by atoms with E-state index in [1.165, 1.54) is 0 Å². The van der Waals surface area contributed by atoms with E-state index in [4.69, 9.17) is 0 Å². The summed E-state index contributed by atoms with van der Waals surface area (Å²) in [5.74, 6) is 0. The second-order valence-electron chi connectivity index (χ2n) is 2.02. The summed E-state index contributed by atoms with van der Waals surface area (Å²) in [5, 5.41) is 0. The van der Waals surface area contributed by atoms with E-state index in [1.54, 1.807) is 4.40 Å². The molecule has 0 aliphatic heterocycles. The largest absolute Gasteiger partial charge is 0.478 e. The number of alkyl halides is 8. The van der Waals surface area contributed by atoms with Crippen molar-refractivity contribution in [3.63, 3.8) is 0 Å². The Labute approximate surface area is 84.4 Å². The van der Waals surface area contributed by atoms with Crippen LogP contribution >= 0.6 is 0 Å². The Morgan fingerprint density at radius 3 is 1.62 bits per heavy atom. The van der Waals surface area contributed by atoms with Crippen molar-refractivity contribution in [1.29, 1.82) is 0 Å². The fourth-order valence-corrected chi connectivity index (χ4v) is 0.959. The molecule has 0 fully saturated rings. The van der Waals surface area contributed by atoms with Crippen LogP contribution in [0.15, 0.2) is 8.76 Å². The molecule has 0 saturated carbocycles. The fraction of sp³-hybridized carbons (Fsp3) is 0.750. The predicted octanol–water partition coefficient (Wildman–Crippen LogP) is 2.71. The molecule has 0 amide bonds. The van der Waals surface area contributed by atoms with E-state index in [0.29, 0.717) is 0 Å². The maximum Gasteiger partial charge on any atom is 0.478 e. The molecule has 12 heteroatoms. The first-order valence-corrected chi connectivity index (χ1v) is 4.12. The minimum atomic E-state index is -6.29. The predicted molar refractivity (Wildman–Crippen MR) is 35.0 cm³/mol. The number of isocyanates is 1. The third kappa shape index (κ3) is 3.85. The van der Waals surface area contributed by atoms with Gasteiger partial charge in [-0.1, -0.05) is 0 Å². The highest BCUT2D eigenvalue weighted by Gasteiger charge is 2.59. The zero-order valence-corrected chi connectivity index (χ0v) is 7.55. The number of hydrogen-bond acceptors (Lipinski definition) is 2. The summed E-state index contributed by atoms with van der Waals surface area (Å²) in [5.41, 5.74) is -5.61. The summed E-state index contributed by atoms with van der Waals surface area (Å²) in [6.07, 6.45) is -6.07. The Bertz CT molecular complexity index is 337. The summed E-state index contributed by atoms with van der Waals surface area (Å²) in [6.45, 7) is 0. The zero-order valence-electron chi connectivity index (χ0n) is 6.73. The lowest BCUT2D eigenvalue weighted by Crippen LogP contribution is -2.35. The molecule has 0 rings (SSSR count). The third-order valence-electron chi connectivity index (χ3n) is 0.873. The number of carbonyl (C=O) groups excluding carboxylic acids is 1. The van der Waals surface area contributed by atoms with Gasteiger partial charge in [-0.15, -0.1) is 4.40 Å². The normalized spacial score (nSPS) is 15.8. The number of hydrogen-bond donors (Lipinski definition) is 0. The maximum atomic E-state index is 12.1. The molecular weight excluding hydrogens is 276 g/mol. The summed E-state index contributed by atoms with van der Waals surface area (Å²) in [6, 6.07) is -5.94. The minimum absolute atomic E-state index is 0.221. The Morgan fingerprint density at radius 1 is 0.938 bits per heavy atom. The van der Waals surface area contributed by atoms with Crippen LogP contribution in [0.25, 0.3) is 0 Å². The van der Waals surface area contributed by atoms with Crippen LogP contribution in [0.4, 0.5) is 35.1 Å². The Hall–Kier alpha value is -1.03. The number of rotatable bonds is 2. The van der Waals surface area contributed by atoms with Crippen molar-refractivity contribution in [3.05, 3.63) is 0 Å². The van der Waals surface area contributed by atoms with Gasteiger partial charge in [-0.3, -0.25) is 0 Å². The van der Waals surface area contributed by atoms with Crippen molar-refractivity contribution in [2.75, 3.05) is 0 Å². The van der Waals surface area contributed by atoms with Gasteiger partial charge < -0.3 is 0 Å². The maximum absolute atomic E-state index is 12.1. The fourth-order valence-electron chi connectivity index (χ4n) is 0.320. The second-order valence-corrected chi connectivity index (χ2v) is 3.38. The van der Waals surface area contributed by atoms with E-state index in [9.17, 15) is 39.9 Å². The average Bonchev–Trinajstić information content (AvgIpc) is 1.99. The third-order valence-corrected chi connectivity index (χ3v) is 1.94. The Balaban J connectivity index is 5.48. The van der Waals surface area contributed by atoms with Crippen molar-refractivity contribution >= 4 is 17.0 Å². The van der Waals surface area contributed by atoms with Crippen molar-refractivity contribution in [2.24, 2.45) is 8.76 Å². The van der Waals surface area contributed by atoms with E-state index in [2.05, 4.69) is 0 Å². The smallest absolute Gasteiger partial charge is 0.210 e. The van der Waals surface area contributed by atoms with Crippen LogP contribution in [-0.4, -0.2) is 23.8 Å². The van der Waals surface area contributed by atoms with Crippen LogP contribution in [0.3, 0.4) is 0 Å². The highest BCUT2D eigenvalue weighted by molar-refractivity contribution is 7.86. The lowest BCUT2D eigenvalue weighted by Gasteiger charge is -2.15. The molecule has 0 spiro atoms. The highest BCUT2D eigenvalue weighted by atomic mass is 32.2. The van der Waals surface area contributed by atoms with Crippen molar-refractivity contribution in [1.82, 2.24) is 0 Å². The Morgan fingerprint density at radius 2 is 1.38 bits per heavy atom. The second kappa shape index (κ2) is 4.45. The van der Waals surface area contributed by atoms with Crippen LogP contribution in [0, 0.1) is 0 Å². The van der Waals surface area contributed by atoms with Gasteiger partial charge in [0.2, 0.25) is 6.08 Å². The van der Waals surface area contributed by atoms with Crippen LogP contribution in [0.1, 0.15) is 0 Å². The minimum Gasteiger partial charge on any atom is -0.210 e. The summed E-state index contributed by atoms with van der Waals surface area (Å²) in [4.78, 5) is 9.43. The monoisotopic (exact) mass is 276 g/mol. The van der Waals surface area contributed by atoms with Crippen LogP contribution in [-0.2, 0) is 15.7 Å². The van der Waals surface area contributed by atoms with Crippen LogP contribution < -0.4 is 0 Å². The average molecular weight is 276 g/mol. The summed E-state index contributed by atoms with van der Waals surface area (Å²) in [7, 11) is -4.10. The molecule has 0 radical (unpaired) electrons. The number of nitrogens with zero attached hydrogens (tertiary/aromatic N) is 2. The van der Waals surface area contributed by atoms with Gasteiger partial charge in [-0.05, 0) is 0 Å². The standard InChI is InChI=1S/C4F8N2OS/c5-2(6,7)3(8,9)14-16(13-1-15)4(10,11)12. The van der Waals surface area contributed by atoms with Gasteiger partial charge in [0.15, 0.2) is 0 Å². The molecule has 0 aromatic rings. The molecule has 0 heterocycles. The van der Waals surface area contributed by atoms with E-state index in [-0.39, 0.29) is 6.08 Å². The first-order chi connectivity index (χ1) is 6.92. The molecule has 0 aromatic heterocycles. The molecule has 0 saturated heterocycles. The molecule has 1 atom stereocenters. The molecule has 3 nitrogen and oxygen atoms in total. The molecule has 0 aromatic carbocycles. The molecular formula is C4F8N2OS. The van der Waals surface area contributed by atoms with E-state index in [0.717, 1.165) is 4.36 Å². The van der Waals surface area contributed by atoms with Gasteiger partial charge in [0.25, 0.3) is 0 Å². The molecule has 1 unspecified atom stereocenters. The number of halogens is 8. The van der Waals surface area contributed by atoms with Crippen molar-refractivity contribution < 1.29 is 39.9 Å². The molecule has 94 valence electrons. The molecule has 0 bridgehead atoms. The van der Waals surface area contributed by atoms with Gasteiger partial charge >= 0.3 is 17.7 Å². The Kier molecular flexibility index (Phi) is 4.17. The summed E-state index contributed by atoms with van der Waals surface area (Å²) < 4.78 is 96.8. The van der Waals surface area contributed by atoms with Crippen LogP contribution in [0.2, 0.25) is 0 Å². The van der Waals surface area contributed by atoms with E-state index >= 15 is 0 Å². The van der Waals surface area contributed by atoms with E-state index < -0.39 is 28.6 Å². The lowest BCUT2D eigenvalue weighted by molar-refractivity contribution is -0.277. The highest BCUT2D eigenvalue weighted by Crippen LogP contribution is 2.39. The quantitative estimate of drug-likeness (QED) is 0.331. The van der Waals surface area contributed by atoms with Crippen LogP contribution in [0.5, 0.6) is 0 Å². The van der Waals surface area contributed by atoms with Gasteiger partial charge in [0.1, 0.15) is 10.9 Å². The van der Waals surface area contributed by atoms with Gasteiger partial charge in [-0.2, -0.15) is 39.5 Å². The van der Waals surface area contributed by atoms with Gasteiger partial charge in [-0.25, -0.2) is 4.79 Å². The first-order valence-electron chi connectivity index (χ1n) is 2.98. The molecule has 0 N–H and O–H groups in total. The molecule has 16 heavy (non-hydrogen) atoms. The molecule has 0 aliphatic rings. The van der Waals surface area contributed by atoms with Crippen molar-refractivity contribution in [3.8, 4) is 0 Å².